The van der Waals surface area contributed by atoms with Gasteiger partial charge >= 0.3 is 0 Å². The predicted octanol–water partition coefficient (Wildman–Crippen LogP) is 2.49. The molecule has 1 atom stereocenters. The average molecular weight is 281 g/mol. The van der Waals surface area contributed by atoms with E-state index in [1.807, 2.05) is 6.92 Å². The van der Waals surface area contributed by atoms with E-state index in [1.165, 1.54) is 21.3 Å². The molecular formula is C15H23NO4. The molecule has 0 aliphatic rings. The Balaban J connectivity index is 3.09. The topological polar surface area (TPSA) is 56.8 Å². The second kappa shape index (κ2) is 7.03. The fourth-order valence-electron chi connectivity index (χ4n) is 1.67. The third kappa shape index (κ3) is 3.56. The van der Waals surface area contributed by atoms with Gasteiger partial charge < -0.3 is 19.5 Å². The molecule has 0 heterocycles. The Morgan fingerprint density at radius 1 is 1.00 bits per heavy atom. The highest BCUT2D eigenvalue weighted by Gasteiger charge is 2.18. The molecule has 1 N–H and O–H groups in total. The highest BCUT2D eigenvalue weighted by molar-refractivity contribution is 5.95. The molecule has 1 amide bonds. The number of rotatable bonds is 6. The first-order valence-corrected chi connectivity index (χ1v) is 6.55. The molecule has 0 aliphatic carbocycles. The van der Waals surface area contributed by atoms with E-state index in [-0.39, 0.29) is 11.9 Å². The molecule has 5 heteroatoms. The third-order valence-corrected chi connectivity index (χ3v) is 3.29. The summed E-state index contributed by atoms with van der Waals surface area (Å²) in [7, 11) is 4.58. The number of methoxy groups -OCH3 is 3. The molecule has 5 nitrogen and oxygen atoms in total. The molecule has 0 aromatic heterocycles. The zero-order valence-corrected chi connectivity index (χ0v) is 12.9. The maximum Gasteiger partial charge on any atom is 0.251 e. The molecule has 0 aliphatic heterocycles. The Morgan fingerprint density at radius 2 is 1.50 bits per heavy atom. The third-order valence-electron chi connectivity index (χ3n) is 3.29. The smallest absolute Gasteiger partial charge is 0.251 e. The first kappa shape index (κ1) is 16.1. The van der Waals surface area contributed by atoms with Crippen molar-refractivity contribution in [2.75, 3.05) is 21.3 Å². The van der Waals surface area contributed by atoms with Gasteiger partial charge in [0.05, 0.1) is 21.3 Å². The summed E-state index contributed by atoms with van der Waals surface area (Å²) >= 11 is 0. The van der Waals surface area contributed by atoms with Gasteiger partial charge in [0.25, 0.3) is 5.91 Å². The minimum Gasteiger partial charge on any atom is -0.493 e. The zero-order valence-electron chi connectivity index (χ0n) is 12.9. The number of benzene rings is 1. The lowest BCUT2D eigenvalue weighted by Gasteiger charge is -2.18. The molecule has 0 fully saturated rings. The molecule has 20 heavy (non-hydrogen) atoms. The molecule has 0 bridgehead atoms. The second-order valence-electron chi connectivity index (χ2n) is 4.92. The van der Waals surface area contributed by atoms with Gasteiger partial charge in [0.15, 0.2) is 11.5 Å². The van der Waals surface area contributed by atoms with Crippen LogP contribution in [0.15, 0.2) is 12.1 Å². The summed E-state index contributed by atoms with van der Waals surface area (Å²) in [4.78, 5) is 12.2. The van der Waals surface area contributed by atoms with Crippen molar-refractivity contribution in [3.8, 4) is 17.2 Å². The Morgan fingerprint density at radius 3 is 1.85 bits per heavy atom. The molecule has 1 unspecified atom stereocenters. The molecule has 0 spiro atoms. The van der Waals surface area contributed by atoms with Crippen LogP contribution >= 0.6 is 0 Å². The van der Waals surface area contributed by atoms with Crippen LogP contribution in [0.25, 0.3) is 0 Å². The largest absolute Gasteiger partial charge is 0.493 e. The molecule has 1 aromatic carbocycles. The number of nitrogens with one attached hydrogen (secondary N) is 1. The summed E-state index contributed by atoms with van der Waals surface area (Å²) < 4.78 is 15.7. The van der Waals surface area contributed by atoms with E-state index in [4.69, 9.17) is 14.2 Å². The van der Waals surface area contributed by atoms with Crippen molar-refractivity contribution in [1.82, 2.24) is 5.32 Å². The lowest BCUT2D eigenvalue weighted by Crippen LogP contribution is -2.36. The van der Waals surface area contributed by atoms with Crippen molar-refractivity contribution < 1.29 is 19.0 Å². The van der Waals surface area contributed by atoms with Crippen molar-refractivity contribution in [3.05, 3.63) is 17.7 Å². The number of hydrogen-bond acceptors (Lipinski definition) is 4. The molecule has 1 aromatic rings. The van der Waals surface area contributed by atoms with Gasteiger partial charge in [-0.1, -0.05) is 13.8 Å². The Kier molecular flexibility index (Phi) is 5.67. The van der Waals surface area contributed by atoms with E-state index in [0.717, 1.165) is 0 Å². The van der Waals surface area contributed by atoms with Gasteiger partial charge in [-0.15, -0.1) is 0 Å². The zero-order chi connectivity index (χ0) is 15.3. The fourth-order valence-corrected chi connectivity index (χ4v) is 1.67. The van der Waals surface area contributed by atoms with Crippen LogP contribution in [0.4, 0.5) is 0 Å². The fraction of sp³-hybridized carbons (Fsp3) is 0.533. The summed E-state index contributed by atoms with van der Waals surface area (Å²) in [6, 6.07) is 3.37. The Hall–Kier alpha value is -1.91. The summed E-state index contributed by atoms with van der Waals surface area (Å²) in [5.41, 5.74) is 0.479. The highest BCUT2D eigenvalue weighted by Crippen LogP contribution is 2.38. The minimum absolute atomic E-state index is 0.0848. The van der Waals surface area contributed by atoms with Crippen molar-refractivity contribution >= 4 is 5.91 Å². The maximum absolute atomic E-state index is 12.2. The van der Waals surface area contributed by atoms with E-state index in [9.17, 15) is 4.79 Å². The first-order chi connectivity index (χ1) is 9.44. The lowest BCUT2D eigenvalue weighted by molar-refractivity contribution is 0.0929. The van der Waals surface area contributed by atoms with Crippen LogP contribution in [0.1, 0.15) is 31.1 Å². The van der Waals surface area contributed by atoms with Gasteiger partial charge in [0.2, 0.25) is 5.75 Å². The van der Waals surface area contributed by atoms with Crippen LogP contribution in [0.5, 0.6) is 17.2 Å². The van der Waals surface area contributed by atoms with Crippen LogP contribution in [0.3, 0.4) is 0 Å². The highest BCUT2D eigenvalue weighted by atomic mass is 16.5. The van der Waals surface area contributed by atoms with Crippen molar-refractivity contribution in [2.45, 2.75) is 26.8 Å². The van der Waals surface area contributed by atoms with Crippen molar-refractivity contribution in [1.29, 1.82) is 0 Å². The van der Waals surface area contributed by atoms with Gasteiger partial charge in [-0.3, -0.25) is 4.79 Å². The summed E-state index contributed by atoms with van der Waals surface area (Å²) in [6.45, 7) is 6.08. The standard InChI is InChI=1S/C15H23NO4/c1-9(2)10(3)16-15(17)11-7-12(18-4)14(20-6)13(8-11)19-5/h7-10H,1-6H3,(H,16,17). The maximum atomic E-state index is 12.2. The number of hydrogen-bond donors (Lipinski definition) is 1. The van der Waals surface area contributed by atoms with E-state index in [1.54, 1.807) is 12.1 Å². The summed E-state index contributed by atoms with van der Waals surface area (Å²) in [6.07, 6.45) is 0. The number of carbonyl (C=O) groups excluding carboxylic acids is 1. The Bertz CT molecular complexity index is 446. The summed E-state index contributed by atoms with van der Waals surface area (Å²) in [5, 5.41) is 2.94. The molecule has 112 valence electrons. The van der Waals surface area contributed by atoms with Crippen LogP contribution in [-0.4, -0.2) is 33.3 Å². The van der Waals surface area contributed by atoms with Crippen LogP contribution in [-0.2, 0) is 0 Å². The van der Waals surface area contributed by atoms with E-state index in [2.05, 4.69) is 19.2 Å². The molecular weight excluding hydrogens is 258 g/mol. The van der Waals surface area contributed by atoms with Crippen LogP contribution in [0.2, 0.25) is 0 Å². The number of carbonyl (C=O) groups is 1. The Labute approximate surface area is 120 Å². The first-order valence-electron chi connectivity index (χ1n) is 6.55. The second-order valence-corrected chi connectivity index (χ2v) is 4.92. The molecule has 0 radical (unpaired) electrons. The number of amides is 1. The minimum atomic E-state index is -0.162. The van der Waals surface area contributed by atoms with Crippen molar-refractivity contribution in [3.63, 3.8) is 0 Å². The lowest BCUT2D eigenvalue weighted by atomic mass is 10.1. The van der Waals surface area contributed by atoms with Gasteiger partial charge in [-0.2, -0.15) is 0 Å². The van der Waals surface area contributed by atoms with E-state index in [0.29, 0.717) is 28.7 Å². The molecule has 0 saturated heterocycles. The average Bonchev–Trinajstić information content (AvgIpc) is 2.45. The van der Waals surface area contributed by atoms with Gasteiger partial charge in [0.1, 0.15) is 0 Å². The summed E-state index contributed by atoms with van der Waals surface area (Å²) in [5.74, 6) is 1.61. The van der Waals surface area contributed by atoms with E-state index >= 15 is 0 Å². The molecule has 0 saturated carbocycles. The van der Waals surface area contributed by atoms with Gasteiger partial charge in [-0.25, -0.2) is 0 Å². The number of ether oxygens (including phenoxy) is 3. The normalized spacial score (nSPS) is 11.9. The predicted molar refractivity (Wildman–Crippen MR) is 77.9 cm³/mol. The monoisotopic (exact) mass is 281 g/mol. The van der Waals surface area contributed by atoms with Gasteiger partial charge in [-0.05, 0) is 25.0 Å². The van der Waals surface area contributed by atoms with Gasteiger partial charge in [0, 0.05) is 11.6 Å². The van der Waals surface area contributed by atoms with Crippen LogP contribution in [0, 0.1) is 5.92 Å². The van der Waals surface area contributed by atoms with Crippen LogP contribution < -0.4 is 19.5 Å². The SMILES string of the molecule is COc1cc(C(=O)NC(C)C(C)C)cc(OC)c1OC. The quantitative estimate of drug-likeness (QED) is 0.870. The van der Waals surface area contributed by atoms with E-state index < -0.39 is 0 Å². The molecule has 1 rings (SSSR count). The van der Waals surface area contributed by atoms with Crippen molar-refractivity contribution in [2.24, 2.45) is 5.92 Å².